The molecule has 0 N–H and O–H groups in total. The van der Waals surface area contributed by atoms with Gasteiger partial charge in [0.1, 0.15) is 0 Å². The van der Waals surface area contributed by atoms with Gasteiger partial charge in [-0.15, -0.1) is 0 Å². The number of methoxy groups -OCH3 is 2. The third-order valence-electron chi connectivity index (χ3n) is 3.68. The van der Waals surface area contributed by atoms with Crippen molar-refractivity contribution in [3.05, 3.63) is 17.5 Å². The number of rotatable bonds is 2. The summed E-state index contributed by atoms with van der Waals surface area (Å²) in [6.07, 6.45) is 2.12. The largest absolute Gasteiger partial charge is 0.482 e. The molecule has 0 aromatic carbocycles. The lowest BCUT2D eigenvalue weighted by molar-refractivity contribution is 0.368. The lowest BCUT2D eigenvalue weighted by Gasteiger charge is -2.14. The quantitative estimate of drug-likeness (QED) is 0.814. The molecule has 0 unspecified atom stereocenters. The van der Waals surface area contributed by atoms with Crippen molar-refractivity contribution in [1.82, 2.24) is 14.4 Å². The van der Waals surface area contributed by atoms with Crippen LogP contribution in [0.2, 0.25) is 0 Å². The number of hydrogen-bond acceptors (Lipinski definition) is 4. The Hall–Kier alpha value is -1.78. The van der Waals surface area contributed by atoms with Gasteiger partial charge in [0.2, 0.25) is 17.5 Å². The minimum absolute atomic E-state index is 0.112. The highest BCUT2D eigenvalue weighted by molar-refractivity contribution is 5.47. The minimum atomic E-state index is 0.112. The van der Waals surface area contributed by atoms with Gasteiger partial charge < -0.3 is 9.47 Å². The van der Waals surface area contributed by atoms with E-state index >= 15 is 0 Å². The maximum Gasteiger partial charge on any atom is 0.240 e. The van der Waals surface area contributed by atoms with Crippen molar-refractivity contribution in [3.63, 3.8) is 0 Å². The third kappa shape index (κ3) is 1.39. The Bertz CT molecular complexity index is 616. The fourth-order valence-corrected chi connectivity index (χ4v) is 2.62. The number of aryl methyl sites for hydroxylation is 1. The SMILES string of the molecule is COc1cc(OC)n2c3c(nc2n1)C(C)(C)CC3. The van der Waals surface area contributed by atoms with Crippen LogP contribution in [0.25, 0.3) is 5.78 Å². The van der Waals surface area contributed by atoms with Crippen molar-refractivity contribution in [2.75, 3.05) is 14.2 Å². The van der Waals surface area contributed by atoms with Gasteiger partial charge in [-0.2, -0.15) is 4.98 Å². The maximum atomic E-state index is 5.42. The molecule has 0 saturated carbocycles. The smallest absolute Gasteiger partial charge is 0.240 e. The molecule has 5 heteroatoms. The molecule has 2 aromatic heterocycles. The van der Waals surface area contributed by atoms with Crippen LogP contribution >= 0.6 is 0 Å². The Morgan fingerprint density at radius 1 is 1.22 bits per heavy atom. The van der Waals surface area contributed by atoms with E-state index in [1.807, 2.05) is 4.40 Å². The van der Waals surface area contributed by atoms with Crippen LogP contribution in [0.15, 0.2) is 6.07 Å². The summed E-state index contributed by atoms with van der Waals surface area (Å²) in [5, 5.41) is 0. The highest BCUT2D eigenvalue weighted by Gasteiger charge is 2.35. The van der Waals surface area contributed by atoms with E-state index in [2.05, 4.69) is 23.8 Å². The summed E-state index contributed by atoms with van der Waals surface area (Å²) in [6, 6.07) is 1.79. The van der Waals surface area contributed by atoms with E-state index in [1.54, 1.807) is 20.3 Å². The van der Waals surface area contributed by atoms with E-state index in [-0.39, 0.29) is 5.41 Å². The van der Waals surface area contributed by atoms with Gasteiger partial charge in [-0.3, -0.25) is 4.40 Å². The molecule has 2 aromatic rings. The van der Waals surface area contributed by atoms with Crippen LogP contribution in [0, 0.1) is 0 Å². The Balaban J connectivity index is 2.33. The number of hydrogen-bond donors (Lipinski definition) is 0. The van der Waals surface area contributed by atoms with Crippen molar-refractivity contribution in [2.24, 2.45) is 0 Å². The van der Waals surface area contributed by atoms with Gasteiger partial charge in [-0.25, -0.2) is 4.98 Å². The number of nitrogens with zero attached hydrogens (tertiary/aromatic N) is 3. The second-order valence-corrected chi connectivity index (χ2v) is 5.27. The van der Waals surface area contributed by atoms with Crippen LogP contribution in [0.4, 0.5) is 0 Å². The molecule has 1 aliphatic rings. The first kappa shape index (κ1) is 11.3. The van der Waals surface area contributed by atoms with Gasteiger partial charge >= 0.3 is 0 Å². The first-order valence-corrected chi connectivity index (χ1v) is 6.07. The molecule has 18 heavy (non-hydrogen) atoms. The normalized spacial score (nSPS) is 16.9. The summed E-state index contributed by atoms with van der Waals surface area (Å²) in [4.78, 5) is 9.04. The molecule has 0 saturated heterocycles. The predicted octanol–water partition coefficient (Wildman–Crippen LogP) is 1.97. The second-order valence-electron chi connectivity index (χ2n) is 5.27. The Labute approximate surface area is 106 Å². The molecule has 0 amide bonds. The summed E-state index contributed by atoms with van der Waals surface area (Å²) in [7, 11) is 3.25. The summed E-state index contributed by atoms with van der Waals surface area (Å²) in [5.41, 5.74) is 2.45. The number of aromatic nitrogens is 3. The van der Waals surface area contributed by atoms with E-state index in [0.29, 0.717) is 11.7 Å². The number of imidazole rings is 1. The number of ether oxygens (including phenoxy) is 2. The van der Waals surface area contributed by atoms with Gasteiger partial charge in [0.05, 0.1) is 31.7 Å². The van der Waals surface area contributed by atoms with E-state index in [9.17, 15) is 0 Å². The number of fused-ring (bicyclic) bond motifs is 3. The molecule has 96 valence electrons. The molecule has 0 fully saturated rings. The van der Waals surface area contributed by atoms with E-state index in [4.69, 9.17) is 9.47 Å². The Morgan fingerprint density at radius 2 is 2.00 bits per heavy atom. The van der Waals surface area contributed by atoms with E-state index in [1.165, 1.54) is 5.69 Å². The fourth-order valence-electron chi connectivity index (χ4n) is 2.62. The average Bonchev–Trinajstić information content (AvgIpc) is 2.86. The topological polar surface area (TPSA) is 48.7 Å². The summed E-state index contributed by atoms with van der Waals surface area (Å²) < 4.78 is 12.6. The summed E-state index contributed by atoms with van der Waals surface area (Å²) in [6.45, 7) is 4.43. The van der Waals surface area contributed by atoms with Crippen LogP contribution in [0.1, 0.15) is 31.7 Å². The molecular formula is C13H17N3O2. The molecule has 0 aliphatic heterocycles. The maximum absolute atomic E-state index is 5.42. The van der Waals surface area contributed by atoms with Gasteiger partial charge in [-0.1, -0.05) is 13.8 Å². The minimum Gasteiger partial charge on any atom is -0.482 e. The molecule has 5 nitrogen and oxygen atoms in total. The zero-order valence-electron chi connectivity index (χ0n) is 11.1. The lowest BCUT2D eigenvalue weighted by atomic mass is 9.91. The highest BCUT2D eigenvalue weighted by Crippen LogP contribution is 2.39. The van der Waals surface area contributed by atoms with Crippen molar-refractivity contribution in [1.29, 1.82) is 0 Å². The molecule has 0 spiro atoms. The molecular weight excluding hydrogens is 230 g/mol. The Morgan fingerprint density at radius 3 is 2.67 bits per heavy atom. The summed E-state index contributed by atoms with van der Waals surface area (Å²) in [5.74, 6) is 1.91. The molecule has 0 bridgehead atoms. The van der Waals surface area contributed by atoms with Gasteiger partial charge in [0.15, 0.2) is 0 Å². The van der Waals surface area contributed by atoms with Crippen LogP contribution in [-0.4, -0.2) is 28.6 Å². The van der Waals surface area contributed by atoms with Crippen molar-refractivity contribution in [3.8, 4) is 11.8 Å². The lowest BCUT2D eigenvalue weighted by Crippen LogP contribution is -2.12. The highest BCUT2D eigenvalue weighted by atomic mass is 16.5. The Kier molecular flexibility index (Phi) is 2.27. The van der Waals surface area contributed by atoms with Crippen LogP contribution in [0.5, 0.6) is 11.8 Å². The first-order chi connectivity index (χ1) is 8.56. The third-order valence-corrected chi connectivity index (χ3v) is 3.68. The molecule has 1 aliphatic carbocycles. The van der Waals surface area contributed by atoms with Crippen molar-refractivity contribution >= 4 is 5.78 Å². The molecule has 3 rings (SSSR count). The molecule has 2 heterocycles. The molecule has 0 radical (unpaired) electrons. The molecule has 0 atom stereocenters. The standard InChI is InChI=1S/C13H17N3O2/c1-13(2)6-5-8-11(13)15-12-14-9(17-3)7-10(18-4)16(8)12/h7H,5-6H2,1-4H3. The zero-order chi connectivity index (χ0) is 12.9. The van der Waals surface area contributed by atoms with Crippen molar-refractivity contribution in [2.45, 2.75) is 32.1 Å². The van der Waals surface area contributed by atoms with Crippen LogP contribution < -0.4 is 9.47 Å². The van der Waals surface area contributed by atoms with Gasteiger partial charge in [0, 0.05) is 5.41 Å². The average molecular weight is 247 g/mol. The van der Waals surface area contributed by atoms with E-state index in [0.717, 1.165) is 24.4 Å². The fraction of sp³-hybridized carbons (Fsp3) is 0.538. The van der Waals surface area contributed by atoms with Crippen LogP contribution in [-0.2, 0) is 11.8 Å². The predicted molar refractivity (Wildman–Crippen MR) is 67.4 cm³/mol. The van der Waals surface area contributed by atoms with Gasteiger partial charge in [-0.05, 0) is 12.8 Å². The zero-order valence-corrected chi connectivity index (χ0v) is 11.1. The second kappa shape index (κ2) is 3.60. The summed E-state index contributed by atoms with van der Waals surface area (Å²) >= 11 is 0. The van der Waals surface area contributed by atoms with Crippen molar-refractivity contribution < 1.29 is 9.47 Å². The van der Waals surface area contributed by atoms with E-state index < -0.39 is 0 Å². The van der Waals surface area contributed by atoms with Crippen LogP contribution in [0.3, 0.4) is 0 Å². The first-order valence-electron chi connectivity index (χ1n) is 6.07. The monoisotopic (exact) mass is 247 g/mol. The van der Waals surface area contributed by atoms with Gasteiger partial charge in [0.25, 0.3) is 0 Å².